The number of fused-ring (bicyclic) bond motifs is 1. The number of amides is 1. The number of anilines is 1. The molecule has 3 fully saturated rings. The van der Waals surface area contributed by atoms with Crippen LogP contribution in [0.3, 0.4) is 0 Å². The van der Waals surface area contributed by atoms with E-state index in [2.05, 4.69) is 21.2 Å². The standard InChI is InChI=1S/C31H35ClFN3O3/c32-27-17-22(5-10-29(27)39-26-8-9-26)30(37)28(19-35-12-1-2-13-35)34-31(38)23-11-14-36(18-23)25-7-4-20-15-24(33)6-3-21(20)16-25/h3-7,10,15-17,23,26,28,30,37H,1-2,8-9,11-14,18-19H2,(H,34,38). The van der Waals surface area contributed by atoms with Gasteiger partial charge in [-0.2, -0.15) is 0 Å². The number of nitrogens with one attached hydrogen (secondary N) is 1. The summed E-state index contributed by atoms with van der Waals surface area (Å²) in [6, 6.07) is 15.7. The fourth-order valence-electron chi connectivity index (χ4n) is 5.77. The minimum absolute atomic E-state index is 0.0385. The number of hydrogen-bond donors (Lipinski definition) is 2. The van der Waals surface area contributed by atoms with E-state index in [0.717, 1.165) is 68.2 Å². The molecule has 0 bridgehead atoms. The van der Waals surface area contributed by atoms with Crippen LogP contribution >= 0.6 is 11.6 Å². The summed E-state index contributed by atoms with van der Waals surface area (Å²) in [5.74, 6) is 0.173. The van der Waals surface area contributed by atoms with E-state index in [0.29, 0.717) is 29.4 Å². The van der Waals surface area contributed by atoms with Crippen LogP contribution in [-0.4, -0.2) is 60.8 Å². The van der Waals surface area contributed by atoms with Crippen molar-refractivity contribution in [2.45, 2.75) is 50.4 Å². The number of ether oxygens (including phenoxy) is 1. The molecule has 3 aromatic rings. The molecule has 1 aliphatic carbocycles. The lowest BCUT2D eigenvalue weighted by molar-refractivity contribution is -0.126. The molecule has 2 saturated heterocycles. The van der Waals surface area contributed by atoms with Gasteiger partial charge in [0.2, 0.25) is 5.91 Å². The molecule has 0 radical (unpaired) electrons. The van der Waals surface area contributed by atoms with Crippen LogP contribution in [0.4, 0.5) is 10.1 Å². The highest BCUT2D eigenvalue weighted by Gasteiger charge is 2.33. The number of carbonyl (C=O) groups is 1. The molecule has 0 spiro atoms. The van der Waals surface area contributed by atoms with Crippen molar-refractivity contribution in [3.05, 3.63) is 71.0 Å². The van der Waals surface area contributed by atoms with Crippen LogP contribution in [0, 0.1) is 11.7 Å². The predicted molar refractivity (Wildman–Crippen MR) is 152 cm³/mol. The first-order valence-corrected chi connectivity index (χ1v) is 14.4. The van der Waals surface area contributed by atoms with E-state index in [9.17, 15) is 14.3 Å². The van der Waals surface area contributed by atoms with E-state index in [1.165, 1.54) is 12.1 Å². The van der Waals surface area contributed by atoms with Crippen molar-refractivity contribution in [1.29, 1.82) is 0 Å². The number of benzene rings is 3. The maximum absolute atomic E-state index is 13.6. The number of aliphatic hydroxyl groups is 1. The third-order valence-corrected chi connectivity index (χ3v) is 8.48. The number of likely N-dealkylation sites (tertiary alicyclic amines) is 1. The molecule has 1 amide bonds. The Kier molecular flexibility index (Phi) is 7.65. The van der Waals surface area contributed by atoms with Crippen molar-refractivity contribution in [3.8, 4) is 5.75 Å². The normalized spacial score (nSPS) is 21.3. The minimum Gasteiger partial charge on any atom is -0.489 e. The average Bonchev–Trinajstić information content (AvgIpc) is 3.36. The fourth-order valence-corrected chi connectivity index (χ4v) is 6.01. The van der Waals surface area contributed by atoms with Gasteiger partial charge in [-0.15, -0.1) is 0 Å². The summed E-state index contributed by atoms with van der Waals surface area (Å²) in [5, 5.41) is 16.9. The number of hydrogen-bond acceptors (Lipinski definition) is 5. The summed E-state index contributed by atoms with van der Waals surface area (Å²) in [4.78, 5) is 18.0. The fraction of sp³-hybridized carbons (Fsp3) is 0.452. The summed E-state index contributed by atoms with van der Waals surface area (Å²) in [5.41, 5.74) is 1.70. The molecule has 2 aliphatic heterocycles. The second-order valence-corrected chi connectivity index (χ2v) is 11.6. The topological polar surface area (TPSA) is 65.0 Å². The van der Waals surface area contributed by atoms with Crippen LogP contribution in [0.25, 0.3) is 10.8 Å². The van der Waals surface area contributed by atoms with Crippen LogP contribution in [0.2, 0.25) is 5.02 Å². The second-order valence-electron chi connectivity index (χ2n) is 11.2. The minimum atomic E-state index is -0.889. The monoisotopic (exact) mass is 551 g/mol. The number of halogens is 2. The quantitative estimate of drug-likeness (QED) is 0.377. The molecule has 206 valence electrons. The highest BCUT2D eigenvalue weighted by Crippen LogP contribution is 2.34. The number of nitrogens with zero attached hydrogens (tertiary/aromatic N) is 2. The molecule has 2 N–H and O–H groups in total. The molecule has 3 atom stereocenters. The van der Waals surface area contributed by atoms with Gasteiger partial charge in [-0.25, -0.2) is 4.39 Å². The Morgan fingerprint density at radius 1 is 1.03 bits per heavy atom. The lowest BCUT2D eigenvalue weighted by atomic mass is 10.00. The second kappa shape index (κ2) is 11.3. The van der Waals surface area contributed by atoms with Gasteiger partial charge >= 0.3 is 0 Å². The zero-order chi connectivity index (χ0) is 26.9. The SMILES string of the molecule is O=C(NC(CN1CCCC1)C(O)c1ccc(OC2CC2)c(Cl)c1)C1CCN(c2ccc3cc(F)ccc3c2)C1. The molecule has 39 heavy (non-hydrogen) atoms. The van der Waals surface area contributed by atoms with Crippen LogP contribution in [0.15, 0.2) is 54.6 Å². The van der Waals surface area contributed by atoms with Crippen LogP contribution < -0.4 is 15.0 Å². The van der Waals surface area contributed by atoms with Crippen molar-refractivity contribution in [1.82, 2.24) is 10.2 Å². The molecule has 6 nitrogen and oxygen atoms in total. The maximum Gasteiger partial charge on any atom is 0.225 e. The lowest BCUT2D eigenvalue weighted by Gasteiger charge is -2.30. The van der Waals surface area contributed by atoms with Crippen molar-refractivity contribution in [3.63, 3.8) is 0 Å². The van der Waals surface area contributed by atoms with Gasteiger partial charge < -0.3 is 25.0 Å². The van der Waals surface area contributed by atoms with E-state index in [-0.39, 0.29) is 23.7 Å². The maximum atomic E-state index is 13.6. The molecule has 8 heteroatoms. The van der Waals surface area contributed by atoms with Gasteiger partial charge in [0.05, 0.1) is 23.1 Å². The van der Waals surface area contributed by atoms with E-state index >= 15 is 0 Å². The zero-order valence-electron chi connectivity index (χ0n) is 22.0. The van der Waals surface area contributed by atoms with E-state index < -0.39 is 12.1 Å². The average molecular weight is 552 g/mol. The Hall–Kier alpha value is -2.87. The number of carbonyl (C=O) groups excluding carboxylic acids is 1. The molecule has 0 aromatic heterocycles. The van der Waals surface area contributed by atoms with Crippen molar-refractivity contribution in [2.75, 3.05) is 37.6 Å². The molecular weight excluding hydrogens is 517 g/mol. The molecular formula is C31H35ClFN3O3. The molecule has 3 aromatic carbocycles. The Balaban J connectivity index is 1.14. The van der Waals surface area contributed by atoms with Crippen molar-refractivity contribution < 1.29 is 19.0 Å². The summed E-state index contributed by atoms with van der Waals surface area (Å²) < 4.78 is 19.4. The predicted octanol–water partition coefficient (Wildman–Crippen LogP) is 5.31. The van der Waals surface area contributed by atoms with Gasteiger partial charge in [-0.05, 0) is 97.9 Å². The largest absolute Gasteiger partial charge is 0.489 e. The van der Waals surface area contributed by atoms with Gasteiger partial charge in [0.15, 0.2) is 0 Å². The smallest absolute Gasteiger partial charge is 0.225 e. The first-order chi connectivity index (χ1) is 18.9. The molecule has 3 unspecified atom stereocenters. The van der Waals surface area contributed by atoms with Gasteiger partial charge in [0.25, 0.3) is 0 Å². The Bertz CT molecular complexity index is 1340. The summed E-state index contributed by atoms with van der Waals surface area (Å²) in [7, 11) is 0. The van der Waals surface area contributed by atoms with E-state index in [1.54, 1.807) is 12.1 Å². The first-order valence-electron chi connectivity index (χ1n) is 14.0. The van der Waals surface area contributed by atoms with Crippen molar-refractivity contribution >= 4 is 34.0 Å². The van der Waals surface area contributed by atoms with Crippen LogP contribution in [-0.2, 0) is 4.79 Å². The Morgan fingerprint density at radius 2 is 1.79 bits per heavy atom. The van der Waals surface area contributed by atoms with Gasteiger partial charge in [-0.3, -0.25) is 4.79 Å². The molecule has 6 rings (SSSR count). The van der Waals surface area contributed by atoms with E-state index in [1.807, 2.05) is 24.3 Å². The number of rotatable bonds is 9. The highest BCUT2D eigenvalue weighted by molar-refractivity contribution is 6.32. The van der Waals surface area contributed by atoms with Gasteiger partial charge in [0.1, 0.15) is 17.7 Å². The summed E-state index contributed by atoms with van der Waals surface area (Å²) >= 11 is 6.49. The highest BCUT2D eigenvalue weighted by atomic mass is 35.5. The first kappa shape index (κ1) is 26.4. The zero-order valence-corrected chi connectivity index (χ0v) is 22.7. The van der Waals surface area contributed by atoms with Crippen molar-refractivity contribution in [2.24, 2.45) is 5.92 Å². The third kappa shape index (κ3) is 6.16. The summed E-state index contributed by atoms with van der Waals surface area (Å²) in [6.45, 7) is 3.89. The molecule has 2 heterocycles. The third-order valence-electron chi connectivity index (χ3n) is 8.19. The Labute approximate surface area is 233 Å². The van der Waals surface area contributed by atoms with Crippen LogP contribution in [0.5, 0.6) is 5.75 Å². The van der Waals surface area contributed by atoms with Crippen LogP contribution in [0.1, 0.15) is 43.8 Å². The Morgan fingerprint density at radius 3 is 2.56 bits per heavy atom. The molecule has 3 aliphatic rings. The lowest BCUT2D eigenvalue weighted by Crippen LogP contribution is -2.48. The molecule has 1 saturated carbocycles. The number of aliphatic hydroxyl groups excluding tert-OH is 1. The van der Waals surface area contributed by atoms with Gasteiger partial charge in [0, 0.05) is 25.3 Å². The summed E-state index contributed by atoms with van der Waals surface area (Å²) in [6.07, 6.45) is 4.44. The van der Waals surface area contributed by atoms with E-state index in [4.69, 9.17) is 16.3 Å². The van der Waals surface area contributed by atoms with Gasteiger partial charge in [-0.1, -0.05) is 29.8 Å².